The molecule has 0 saturated carbocycles. The molecule has 4 unspecified atom stereocenters. The number of piperidine rings is 1. The van der Waals surface area contributed by atoms with Crippen LogP contribution < -0.4 is 5.73 Å². The number of nitriles is 1. The summed E-state index contributed by atoms with van der Waals surface area (Å²) in [6.07, 6.45) is 6.91. The van der Waals surface area contributed by atoms with Gasteiger partial charge in [0, 0.05) is 48.3 Å². The van der Waals surface area contributed by atoms with E-state index < -0.39 is 46.6 Å². The average Bonchev–Trinajstić information content (AvgIpc) is 3.34. The second-order valence-corrected chi connectivity index (χ2v) is 16.5. The average molecular weight is 760 g/mol. The topological polar surface area (TPSA) is 118 Å². The molecule has 0 spiro atoms. The highest BCUT2D eigenvalue weighted by atomic mass is 35.5. The molecule has 2 fully saturated rings. The summed E-state index contributed by atoms with van der Waals surface area (Å²) in [6, 6.07) is 9.10. The van der Waals surface area contributed by atoms with Crippen molar-refractivity contribution in [3.8, 4) is 6.07 Å². The van der Waals surface area contributed by atoms with E-state index in [9.17, 15) is 15.2 Å². The maximum absolute atomic E-state index is 16.2. The quantitative estimate of drug-likeness (QED) is 0.149. The highest BCUT2D eigenvalue weighted by molar-refractivity contribution is 6.31. The Bertz CT molecular complexity index is 1650. The fraction of sp³-hybridized carbons (Fsp3) is 0.600. The van der Waals surface area contributed by atoms with Crippen LogP contribution in [0.5, 0.6) is 0 Å². The molecule has 0 aromatic heterocycles. The summed E-state index contributed by atoms with van der Waals surface area (Å²) in [5.41, 5.74) is 3.34. The number of hydrogen-bond acceptors (Lipinski definition) is 6. The first kappa shape index (κ1) is 41.8. The van der Waals surface area contributed by atoms with Gasteiger partial charge in [-0.05, 0) is 74.4 Å². The largest absolute Gasteiger partial charge is 0.388 e. The molecule has 4 atom stereocenters. The van der Waals surface area contributed by atoms with Crippen LogP contribution in [0.1, 0.15) is 103 Å². The Kier molecular flexibility index (Phi) is 14.4. The van der Waals surface area contributed by atoms with Crippen molar-refractivity contribution in [1.82, 2.24) is 9.80 Å². The van der Waals surface area contributed by atoms with E-state index in [1.54, 1.807) is 12.3 Å². The van der Waals surface area contributed by atoms with Gasteiger partial charge >= 0.3 is 0 Å². The van der Waals surface area contributed by atoms with Gasteiger partial charge in [0.2, 0.25) is 0 Å². The van der Waals surface area contributed by atoms with Crippen LogP contribution >= 0.6 is 23.2 Å². The molecule has 0 radical (unpaired) electrons. The van der Waals surface area contributed by atoms with Gasteiger partial charge in [-0.15, -0.1) is 0 Å². The van der Waals surface area contributed by atoms with Crippen LogP contribution in [-0.2, 0) is 10.2 Å². The van der Waals surface area contributed by atoms with Crippen molar-refractivity contribution in [3.05, 3.63) is 69.2 Å². The van der Waals surface area contributed by atoms with E-state index in [0.29, 0.717) is 32.2 Å². The van der Waals surface area contributed by atoms with Crippen molar-refractivity contribution in [3.63, 3.8) is 0 Å². The summed E-state index contributed by atoms with van der Waals surface area (Å²) in [5, 5.41) is 22.4. The molecule has 4 rings (SSSR count). The van der Waals surface area contributed by atoms with Crippen molar-refractivity contribution < 1.29 is 18.7 Å². The van der Waals surface area contributed by atoms with E-state index in [2.05, 4.69) is 27.9 Å². The molecule has 2 aliphatic heterocycles. The van der Waals surface area contributed by atoms with Crippen molar-refractivity contribution in [1.29, 1.82) is 5.26 Å². The van der Waals surface area contributed by atoms with Gasteiger partial charge in [0.05, 0.1) is 23.2 Å². The molecule has 3 N–H and O–H groups in total. The minimum atomic E-state index is -1.76. The first-order valence-corrected chi connectivity index (χ1v) is 19.2. The van der Waals surface area contributed by atoms with E-state index >= 15 is 8.78 Å². The van der Waals surface area contributed by atoms with Gasteiger partial charge in [-0.3, -0.25) is 14.7 Å². The van der Waals surface area contributed by atoms with Crippen LogP contribution in [0.2, 0.25) is 10.0 Å². The third kappa shape index (κ3) is 9.58. The molecule has 2 aromatic carbocycles. The number of aliphatic imine (C=N–C) groups is 2. The van der Waals surface area contributed by atoms with Gasteiger partial charge in [-0.2, -0.15) is 10.3 Å². The van der Waals surface area contributed by atoms with Crippen LogP contribution in [0.4, 0.5) is 8.78 Å². The summed E-state index contributed by atoms with van der Waals surface area (Å²) >= 11 is 12.5. The van der Waals surface area contributed by atoms with E-state index in [4.69, 9.17) is 28.9 Å². The van der Waals surface area contributed by atoms with E-state index in [0.717, 1.165) is 45.0 Å². The minimum absolute atomic E-state index is 0.0176. The van der Waals surface area contributed by atoms with E-state index in [1.807, 2.05) is 32.6 Å². The molecule has 0 bridgehead atoms. The van der Waals surface area contributed by atoms with Gasteiger partial charge < -0.3 is 15.7 Å². The molecule has 8 nitrogen and oxygen atoms in total. The fourth-order valence-corrected chi connectivity index (χ4v) is 8.15. The zero-order valence-corrected chi connectivity index (χ0v) is 32.7. The zero-order chi connectivity index (χ0) is 38.3. The summed E-state index contributed by atoms with van der Waals surface area (Å²) in [7, 11) is 0. The normalized spacial score (nSPS) is 24.4. The minimum Gasteiger partial charge on any atom is -0.388 e. The van der Waals surface area contributed by atoms with Gasteiger partial charge in [-0.1, -0.05) is 88.9 Å². The molecular formula is C40H54Cl2F2N6O2. The Morgan fingerprint density at radius 2 is 1.79 bits per heavy atom. The highest BCUT2D eigenvalue weighted by Gasteiger charge is 2.64. The third-order valence-electron chi connectivity index (χ3n) is 10.5. The Hall–Kier alpha value is -2.94. The number of aliphatic hydroxyl groups is 1. The SMILES string of the molecule is CCCCN1CCC(O)(CN=CCC(N)=NC(=O)C2C(c3cccc(Cl)c3F)C(C#N)(c3ccc(Cl)cc3F)C(CC(C)(C)C)N2CCCC)CC1. The molecule has 2 saturated heterocycles. The number of carbonyl (C=O) groups excluding carboxylic acids is 1. The van der Waals surface area contributed by atoms with Crippen LogP contribution in [0, 0.1) is 28.4 Å². The molecule has 2 aromatic rings. The number of hydrogen-bond donors (Lipinski definition) is 2. The van der Waals surface area contributed by atoms with Crippen LogP contribution in [0.25, 0.3) is 0 Å². The second kappa shape index (κ2) is 17.9. The number of unbranched alkanes of at least 4 members (excludes halogenated alkanes) is 2. The molecule has 284 valence electrons. The molecule has 2 heterocycles. The number of carbonyl (C=O) groups is 1. The summed E-state index contributed by atoms with van der Waals surface area (Å²) in [4.78, 5) is 27.6. The molecule has 12 heteroatoms. The Morgan fingerprint density at radius 1 is 1.12 bits per heavy atom. The maximum atomic E-state index is 16.2. The first-order chi connectivity index (χ1) is 24.6. The summed E-state index contributed by atoms with van der Waals surface area (Å²) in [6.45, 7) is 13.4. The molecule has 52 heavy (non-hydrogen) atoms. The molecule has 1 amide bonds. The summed E-state index contributed by atoms with van der Waals surface area (Å²) in [5.74, 6) is -3.42. The van der Waals surface area contributed by atoms with E-state index in [-0.39, 0.29) is 45.4 Å². The highest BCUT2D eigenvalue weighted by Crippen LogP contribution is 2.57. The lowest BCUT2D eigenvalue weighted by Crippen LogP contribution is -2.47. The predicted octanol–water partition coefficient (Wildman–Crippen LogP) is 8.08. The van der Waals surface area contributed by atoms with Gasteiger partial charge in [0.15, 0.2) is 0 Å². The Labute approximate surface area is 318 Å². The van der Waals surface area contributed by atoms with Gasteiger partial charge in [0.25, 0.3) is 5.91 Å². The van der Waals surface area contributed by atoms with Crippen molar-refractivity contribution in [2.75, 3.05) is 32.7 Å². The van der Waals surface area contributed by atoms with Crippen LogP contribution in [0.15, 0.2) is 46.4 Å². The smallest absolute Gasteiger partial charge is 0.265 e. The number of rotatable bonds is 14. The number of halogens is 4. The van der Waals surface area contributed by atoms with Crippen LogP contribution in [0.3, 0.4) is 0 Å². The van der Waals surface area contributed by atoms with Crippen LogP contribution in [-0.4, -0.2) is 83.3 Å². The van der Waals surface area contributed by atoms with Crippen molar-refractivity contribution in [2.45, 2.75) is 115 Å². The number of benzene rings is 2. The first-order valence-electron chi connectivity index (χ1n) is 18.5. The number of amides is 1. The predicted molar refractivity (Wildman–Crippen MR) is 206 cm³/mol. The van der Waals surface area contributed by atoms with Gasteiger partial charge in [-0.25, -0.2) is 8.78 Å². The maximum Gasteiger partial charge on any atom is 0.265 e. The van der Waals surface area contributed by atoms with E-state index in [1.165, 1.54) is 24.3 Å². The Morgan fingerprint density at radius 3 is 2.40 bits per heavy atom. The lowest BCUT2D eigenvalue weighted by Gasteiger charge is -2.39. The lowest BCUT2D eigenvalue weighted by molar-refractivity contribution is -0.123. The Balaban J connectivity index is 1.76. The lowest BCUT2D eigenvalue weighted by atomic mass is 9.62. The van der Waals surface area contributed by atoms with Gasteiger partial charge in [0.1, 0.15) is 28.9 Å². The fourth-order valence-electron chi connectivity index (χ4n) is 7.81. The summed E-state index contributed by atoms with van der Waals surface area (Å²) < 4.78 is 32.4. The number of nitrogens with two attached hydrogens (primary N) is 1. The second-order valence-electron chi connectivity index (χ2n) is 15.6. The van der Waals surface area contributed by atoms with Crippen molar-refractivity contribution >= 4 is 41.2 Å². The molecule has 0 aliphatic carbocycles. The molecular weight excluding hydrogens is 705 g/mol. The zero-order valence-electron chi connectivity index (χ0n) is 31.1. The monoisotopic (exact) mass is 758 g/mol. The standard InChI is InChI=1S/C40H54Cl2F2N6O2/c1-6-8-19-49-21-16-39(52,17-22-49)26-47-18-15-33(46)48-37(51)36-34(28-11-10-12-30(42)35(28)44)40(25-45,29-14-13-27(41)23-31(29)43)32(24-38(3,4)5)50(36)20-9-7-2/h10-14,18,23,32,34,36,52H,6-9,15-17,19-22,24,26H2,1-5H3,(H2,46,48,51). The molecule has 2 aliphatic rings. The number of likely N-dealkylation sites (tertiary alicyclic amines) is 2. The third-order valence-corrected chi connectivity index (χ3v) is 11.0. The van der Waals surface area contributed by atoms with Crippen molar-refractivity contribution in [2.24, 2.45) is 21.1 Å². The number of nitrogens with zero attached hydrogens (tertiary/aromatic N) is 5. The number of amidine groups is 1.